The lowest BCUT2D eigenvalue weighted by Crippen LogP contribution is -2.32. The van der Waals surface area contributed by atoms with Crippen LogP contribution in [0.2, 0.25) is 0 Å². The number of nitrogens with one attached hydrogen (secondary N) is 1. The van der Waals surface area contributed by atoms with Crippen LogP contribution in [-0.4, -0.2) is 17.5 Å². The highest BCUT2D eigenvalue weighted by molar-refractivity contribution is 14.0. The van der Waals surface area contributed by atoms with Crippen LogP contribution in [0.25, 0.3) is 0 Å². The number of aryl methyl sites for hydroxylation is 1. The number of aliphatic imine (C=N–C) groups is 1. The number of guanidine groups is 1. The first-order valence-corrected chi connectivity index (χ1v) is 5.18. The summed E-state index contributed by atoms with van der Waals surface area (Å²) in [6.45, 7) is 5.44. The Bertz CT molecular complexity index is 339. The lowest BCUT2D eigenvalue weighted by atomic mass is 10.3. The van der Waals surface area contributed by atoms with Crippen molar-refractivity contribution < 1.29 is 0 Å². The summed E-state index contributed by atoms with van der Waals surface area (Å²) in [6.07, 6.45) is 1.04. The smallest absolute Gasteiger partial charge is 0.188 e. The van der Waals surface area contributed by atoms with E-state index in [-0.39, 0.29) is 24.0 Å². The van der Waals surface area contributed by atoms with Gasteiger partial charge < -0.3 is 11.1 Å². The third-order valence-corrected chi connectivity index (χ3v) is 1.91. The van der Waals surface area contributed by atoms with Crippen molar-refractivity contribution in [1.29, 1.82) is 0 Å². The van der Waals surface area contributed by atoms with Crippen molar-refractivity contribution in [2.45, 2.75) is 26.8 Å². The topological polar surface area (TPSA) is 63.3 Å². The average molecular weight is 334 g/mol. The molecule has 0 spiro atoms. The van der Waals surface area contributed by atoms with Crippen molar-refractivity contribution in [3.63, 3.8) is 0 Å². The molecule has 0 unspecified atom stereocenters. The Hall–Kier alpha value is -0.850. The van der Waals surface area contributed by atoms with Gasteiger partial charge in [0.2, 0.25) is 0 Å². The summed E-state index contributed by atoms with van der Waals surface area (Å²) in [6, 6.07) is 5.89. The van der Waals surface area contributed by atoms with Gasteiger partial charge in [-0.25, -0.2) is 4.99 Å². The van der Waals surface area contributed by atoms with Gasteiger partial charge in [0.05, 0.1) is 12.2 Å². The van der Waals surface area contributed by atoms with E-state index in [1.165, 1.54) is 0 Å². The van der Waals surface area contributed by atoms with Gasteiger partial charge in [-0.15, -0.1) is 24.0 Å². The zero-order chi connectivity index (χ0) is 11.1. The molecule has 1 rings (SSSR count). The van der Waals surface area contributed by atoms with Crippen LogP contribution in [0.1, 0.15) is 24.7 Å². The van der Waals surface area contributed by atoms with Crippen molar-refractivity contribution in [1.82, 2.24) is 10.3 Å². The zero-order valence-electron chi connectivity index (χ0n) is 9.73. The summed E-state index contributed by atoms with van der Waals surface area (Å²) in [7, 11) is 0. The first kappa shape index (κ1) is 15.2. The summed E-state index contributed by atoms with van der Waals surface area (Å²) in [5.74, 6) is 0.486. The fourth-order valence-electron chi connectivity index (χ4n) is 1.16. The van der Waals surface area contributed by atoms with Gasteiger partial charge in [0, 0.05) is 12.2 Å². The van der Waals surface area contributed by atoms with Gasteiger partial charge in [-0.2, -0.15) is 0 Å². The molecule has 90 valence electrons. The lowest BCUT2D eigenvalue weighted by molar-refractivity contribution is 0.822. The predicted octanol–water partition coefficient (Wildman–Crippen LogP) is 1.82. The average Bonchev–Trinajstić information content (AvgIpc) is 2.23. The number of aromatic nitrogens is 1. The number of hydrogen-bond acceptors (Lipinski definition) is 2. The molecule has 0 atom stereocenters. The van der Waals surface area contributed by atoms with Gasteiger partial charge >= 0.3 is 0 Å². The third-order valence-electron chi connectivity index (χ3n) is 1.91. The van der Waals surface area contributed by atoms with Gasteiger partial charge in [0.1, 0.15) is 0 Å². The summed E-state index contributed by atoms with van der Waals surface area (Å²) in [5, 5.41) is 3.02. The van der Waals surface area contributed by atoms with Crippen molar-refractivity contribution >= 4 is 29.9 Å². The van der Waals surface area contributed by atoms with Crippen LogP contribution in [-0.2, 0) is 6.54 Å². The van der Waals surface area contributed by atoms with E-state index in [1.54, 1.807) is 0 Å². The molecular weight excluding hydrogens is 315 g/mol. The molecule has 4 nitrogen and oxygen atoms in total. The molecule has 1 heterocycles. The Morgan fingerprint density at radius 3 is 2.88 bits per heavy atom. The molecular formula is C11H19IN4. The minimum atomic E-state index is 0. The minimum Gasteiger partial charge on any atom is -0.370 e. The Kier molecular flexibility index (Phi) is 7.88. The number of rotatable bonds is 4. The van der Waals surface area contributed by atoms with E-state index in [2.05, 4.69) is 22.2 Å². The monoisotopic (exact) mass is 334 g/mol. The van der Waals surface area contributed by atoms with Crippen LogP contribution in [0.15, 0.2) is 23.2 Å². The molecule has 1 aromatic heterocycles. The Morgan fingerprint density at radius 1 is 1.50 bits per heavy atom. The molecule has 1 aromatic rings. The molecule has 0 aliphatic heterocycles. The molecule has 0 amide bonds. The van der Waals surface area contributed by atoms with Gasteiger partial charge in [-0.3, -0.25) is 4.98 Å². The summed E-state index contributed by atoms with van der Waals surface area (Å²) >= 11 is 0. The molecule has 0 radical (unpaired) electrons. The van der Waals surface area contributed by atoms with Gasteiger partial charge in [0.25, 0.3) is 0 Å². The van der Waals surface area contributed by atoms with Crippen molar-refractivity contribution in [3.05, 3.63) is 29.6 Å². The van der Waals surface area contributed by atoms with E-state index in [0.717, 1.165) is 24.4 Å². The van der Waals surface area contributed by atoms with E-state index in [9.17, 15) is 0 Å². The molecule has 3 N–H and O–H groups in total. The molecule has 16 heavy (non-hydrogen) atoms. The normalized spacial score (nSPS) is 10.8. The van der Waals surface area contributed by atoms with Crippen molar-refractivity contribution in [2.75, 3.05) is 6.54 Å². The molecule has 0 saturated carbocycles. The molecule has 0 fully saturated rings. The summed E-state index contributed by atoms with van der Waals surface area (Å²) in [4.78, 5) is 8.53. The Morgan fingerprint density at radius 2 is 2.25 bits per heavy atom. The van der Waals surface area contributed by atoms with Crippen molar-refractivity contribution in [2.24, 2.45) is 10.7 Å². The summed E-state index contributed by atoms with van der Waals surface area (Å²) in [5.41, 5.74) is 7.60. The third kappa shape index (κ3) is 5.89. The quantitative estimate of drug-likeness (QED) is 0.502. The number of hydrogen-bond donors (Lipinski definition) is 2. The van der Waals surface area contributed by atoms with Crippen LogP contribution < -0.4 is 11.1 Å². The second-order valence-corrected chi connectivity index (χ2v) is 3.40. The molecule has 0 aliphatic carbocycles. The van der Waals surface area contributed by atoms with E-state index < -0.39 is 0 Å². The Balaban J connectivity index is 0.00000225. The highest BCUT2D eigenvalue weighted by Crippen LogP contribution is 1.99. The van der Waals surface area contributed by atoms with E-state index in [0.29, 0.717) is 12.5 Å². The first-order valence-electron chi connectivity index (χ1n) is 5.18. The van der Waals surface area contributed by atoms with Gasteiger partial charge in [-0.05, 0) is 25.5 Å². The van der Waals surface area contributed by atoms with Crippen LogP contribution in [0.4, 0.5) is 0 Å². The maximum Gasteiger partial charge on any atom is 0.188 e. The second-order valence-electron chi connectivity index (χ2n) is 3.40. The minimum absolute atomic E-state index is 0. The fourth-order valence-corrected chi connectivity index (χ4v) is 1.16. The molecule has 0 bridgehead atoms. The Labute approximate surface area is 114 Å². The van der Waals surface area contributed by atoms with Gasteiger partial charge in [0.15, 0.2) is 5.96 Å². The van der Waals surface area contributed by atoms with Crippen molar-refractivity contribution in [3.8, 4) is 0 Å². The molecule has 0 saturated heterocycles. The standard InChI is InChI=1S/C11H18N4.HI/c1-3-7-13-11(12)14-8-10-6-4-5-9(2)15-10;/h4-6H,3,7-8H2,1-2H3,(H3,12,13,14);1H. The second kappa shape index (κ2) is 8.32. The van der Waals surface area contributed by atoms with Crippen LogP contribution in [0.5, 0.6) is 0 Å². The molecule has 5 heteroatoms. The number of pyridine rings is 1. The largest absolute Gasteiger partial charge is 0.370 e. The first-order chi connectivity index (χ1) is 7.22. The highest BCUT2D eigenvalue weighted by Gasteiger charge is 1.94. The fraction of sp³-hybridized carbons (Fsp3) is 0.455. The lowest BCUT2D eigenvalue weighted by Gasteiger charge is -2.03. The zero-order valence-corrected chi connectivity index (χ0v) is 12.1. The summed E-state index contributed by atoms with van der Waals surface area (Å²) < 4.78 is 0. The van der Waals surface area contributed by atoms with E-state index >= 15 is 0 Å². The van der Waals surface area contributed by atoms with Crippen LogP contribution in [0.3, 0.4) is 0 Å². The highest BCUT2D eigenvalue weighted by atomic mass is 127. The maximum absolute atomic E-state index is 5.66. The van der Waals surface area contributed by atoms with E-state index in [1.807, 2.05) is 25.1 Å². The van der Waals surface area contributed by atoms with Crippen LogP contribution >= 0.6 is 24.0 Å². The SMILES string of the molecule is CCCNC(N)=NCc1cccc(C)n1.I. The predicted molar refractivity (Wildman–Crippen MR) is 78.0 cm³/mol. The van der Waals surface area contributed by atoms with Crippen LogP contribution in [0, 0.1) is 6.92 Å². The van der Waals surface area contributed by atoms with Gasteiger partial charge in [-0.1, -0.05) is 13.0 Å². The maximum atomic E-state index is 5.66. The number of halogens is 1. The number of nitrogens with two attached hydrogens (primary N) is 1. The van der Waals surface area contributed by atoms with E-state index in [4.69, 9.17) is 5.73 Å². The molecule has 0 aliphatic rings. The molecule has 0 aromatic carbocycles. The number of nitrogens with zero attached hydrogens (tertiary/aromatic N) is 2.